The number of nitrogens with zero attached hydrogens (tertiary/aromatic N) is 3. The van der Waals surface area contributed by atoms with E-state index in [-0.39, 0.29) is 11.5 Å². The van der Waals surface area contributed by atoms with Gasteiger partial charge in [-0.2, -0.15) is 0 Å². The van der Waals surface area contributed by atoms with Gasteiger partial charge in [-0.1, -0.05) is 30.3 Å². The third-order valence-electron chi connectivity index (χ3n) is 6.10. The average molecular weight is 395 g/mol. The van der Waals surface area contributed by atoms with Crippen LogP contribution in [0.4, 0.5) is 5.95 Å². The highest BCUT2D eigenvalue weighted by molar-refractivity contribution is 5.77. The van der Waals surface area contributed by atoms with Crippen LogP contribution in [0.5, 0.6) is 0 Å². The van der Waals surface area contributed by atoms with Crippen molar-refractivity contribution in [1.82, 2.24) is 14.9 Å². The van der Waals surface area contributed by atoms with Crippen LogP contribution < -0.4 is 10.5 Å². The van der Waals surface area contributed by atoms with Crippen LogP contribution in [-0.2, 0) is 17.6 Å². The molecule has 0 spiro atoms. The summed E-state index contributed by atoms with van der Waals surface area (Å²) in [5, 5.41) is 0. The Kier molecular flexibility index (Phi) is 6.27. The topological polar surface area (TPSA) is 69.3 Å². The molecule has 6 heteroatoms. The van der Waals surface area contributed by atoms with Crippen molar-refractivity contribution in [2.24, 2.45) is 5.92 Å². The van der Waals surface area contributed by atoms with Crippen molar-refractivity contribution in [1.29, 1.82) is 0 Å². The molecule has 6 nitrogen and oxygen atoms in total. The molecule has 4 rings (SSSR count). The van der Waals surface area contributed by atoms with Crippen molar-refractivity contribution >= 4 is 11.9 Å². The first kappa shape index (κ1) is 19.7. The number of aryl methyl sites for hydroxylation is 1. The maximum Gasteiger partial charge on any atom is 0.252 e. The molecule has 3 heterocycles. The van der Waals surface area contributed by atoms with Crippen LogP contribution in [0.1, 0.15) is 43.4 Å². The van der Waals surface area contributed by atoms with Crippen LogP contribution in [0.25, 0.3) is 0 Å². The molecule has 1 aromatic carbocycles. The predicted molar refractivity (Wildman–Crippen MR) is 114 cm³/mol. The predicted octanol–water partition coefficient (Wildman–Crippen LogP) is 2.78. The fourth-order valence-electron chi connectivity index (χ4n) is 4.46. The zero-order valence-corrected chi connectivity index (χ0v) is 17.0. The summed E-state index contributed by atoms with van der Waals surface area (Å²) in [6.07, 6.45) is 6.56. The van der Waals surface area contributed by atoms with E-state index in [1.54, 1.807) is 6.07 Å². The number of carbonyl (C=O) groups is 1. The third kappa shape index (κ3) is 5.25. The first-order valence-corrected chi connectivity index (χ1v) is 10.8. The third-order valence-corrected chi connectivity index (χ3v) is 6.10. The second-order valence-corrected chi connectivity index (χ2v) is 8.27. The zero-order valence-electron chi connectivity index (χ0n) is 17.0. The molecule has 1 N–H and O–H groups in total. The van der Waals surface area contributed by atoms with Gasteiger partial charge in [-0.05, 0) is 50.0 Å². The monoisotopic (exact) mass is 394 g/mol. The summed E-state index contributed by atoms with van der Waals surface area (Å²) in [5.41, 5.74) is 2.13. The standard InChI is InChI=1S/C23H30N4O2/c28-21-17-20(8-4-12-26-13-5-9-22(26)29)24-23(25-21)27-14-10-19(11-15-27)16-18-6-2-1-3-7-18/h1-3,6-7,17,19H,4-5,8-16H2,(H,24,25,28). The summed E-state index contributed by atoms with van der Waals surface area (Å²) in [6.45, 7) is 3.47. The number of H-pyrrole nitrogens is 1. The number of hydrogen-bond acceptors (Lipinski definition) is 4. The summed E-state index contributed by atoms with van der Waals surface area (Å²) >= 11 is 0. The molecule has 2 aliphatic heterocycles. The van der Waals surface area contributed by atoms with Crippen molar-refractivity contribution in [2.75, 3.05) is 31.1 Å². The first-order valence-electron chi connectivity index (χ1n) is 10.8. The van der Waals surface area contributed by atoms with E-state index in [2.05, 4.69) is 40.2 Å². The van der Waals surface area contributed by atoms with E-state index in [4.69, 9.17) is 4.98 Å². The Bertz CT molecular complexity index is 872. The number of aromatic nitrogens is 2. The van der Waals surface area contributed by atoms with Crippen molar-refractivity contribution in [3.63, 3.8) is 0 Å². The molecular formula is C23H30N4O2. The fourth-order valence-corrected chi connectivity index (χ4v) is 4.46. The minimum absolute atomic E-state index is 0.0892. The lowest BCUT2D eigenvalue weighted by Gasteiger charge is -2.32. The van der Waals surface area contributed by atoms with E-state index in [0.717, 1.165) is 70.4 Å². The van der Waals surface area contributed by atoms with E-state index in [1.807, 2.05) is 4.90 Å². The highest BCUT2D eigenvalue weighted by atomic mass is 16.2. The molecule has 2 aliphatic rings. The Labute approximate surface area is 172 Å². The molecule has 1 amide bonds. The molecule has 0 unspecified atom stereocenters. The number of likely N-dealkylation sites (tertiary alicyclic amines) is 1. The molecule has 2 aromatic rings. The molecule has 2 fully saturated rings. The van der Waals surface area contributed by atoms with Crippen molar-refractivity contribution < 1.29 is 4.79 Å². The van der Waals surface area contributed by atoms with E-state index in [0.29, 0.717) is 18.3 Å². The number of amides is 1. The van der Waals surface area contributed by atoms with Crippen molar-refractivity contribution in [3.8, 4) is 0 Å². The minimum Gasteiger partial charge on any atom is -0.343 e. The molecule has 0 bridgehead atoms. The molecule has 1 aromatic heterocycles. The highest BCUT2D eigenvalue weighted by Crippen LogP contribution is 2.23. The maximum absolute atomic E-state index is 12.1. The van der Waals surface area contributed by atoms with Gasteiger partial charge in [0.25, 0.3) is 5.56 Å². The first-order chi connectivity index (χ1) is 14.2. The van der Waals surface area contributed by atoms with E-state index in [1.165, 1.54) is 5.56 Å². The summed E-state index contributed by atoms with van der Waals surface area (Å²) < 4.78 is 0. The Morgan fingerprint density at radius 3 is 2.59 bits per heavy atom. The lowest BCUT2D eigenvalue weighted by molar-refractivity contribution is -0.127. The number of anilines is 1. The number of benzene rings is 1. The van der Waals surface area contributed by atoms with Gasteiger partial charge >= 0.3 is 0 Å². The SMILES string of the molecule is O=C1CCCN1CCCc1cc(=O)[nH]c(N2CCC(Cc3ccccc3)CC2)n1. The Morgan fingerprint density at radius 1 is 1.07 bits per heavy atom. The number of carbonyl (C=O) groups excluding carboxylic acids is 1. The van der Waals surface area contributed by atoms with Crippen molar-refractivity contribution in [2.45, 2.75) is 44.9 Å². The molecular weight excluding hydrogens is 364 g/mol. The molecule has 0 aliphatic carbocycles. The summed E-state index contributed by atoms with van der Waals surface area (Å²) in [5.74, 6) is 1.63. The van der Waals surface area contributed by atoms with Crippen LogP contribution in [0, 0.1) is 5.92 Å². The van der Waals surface area contributed by atoms with Crippen LogP contribution in [0.2, 0.25) is 0 Å². The smallest absolute Gasteiger partial charge is 0.252 e. The second-order valence-electron chi connectivity index (χ2n) is 8.27. The van der Waals surface area contributed by atoms with Crippen LogP contribution in [0.15, 0.2) is 41.2 Å². The minimum atomic E-state index is -0.0892. The fraction of sp³-hybridized carbons (Fsp3) is 0.522. The zero-order chi connectivity index (χ0) is 20.1. The van der Waals surface area contributed by atoms with E-state index in [9.17, 15) is 9.59 Å². The normalized spacial score (nSPS) is 17.9. The van der Waals surface area contributed by atoms with Gasteiger partial charge in [0, 0.05) is 44.4 Å². The summed E-state index contributed by atoms with van der Waals surface area (Å²) in [6, 6.07) is 12.3. The van der Waals surface area contributed by atoms with Gasteiger partial charge < -0.3 is 9.80 Å². The van der Waals surface area contributed by atoms with Crippen LogP contribution in [-0.4, -0.2) is 47.0 Å². The molecule has 0 radical (unpaired) electrons. The Balaban J connectivity index is 1.30. The number of piperidine rings is 1. The molecule has 0 saturated carbocycles. The number of aromatic amines is 1. The van der Waals surface area contributed by atoms with Gasteiger partial charge in [-0.3, -0.25) is 14.6 Å². The highest BCUT2D eigenvalue weighted by Gasteiger charge is 2.22. The van der Waals surface area contributed by atoms with Gasteiger partial charge in [-0.25, -0.2) is 4.98 Å². The van der Waals surface area contributed by atoms with Gasteiger partial charge in [0.15, 0.2) is 0 Å². The Hall–Kier alpha value is -2.63. The summed E-state index contributed by atoms with van der Waals surface area (Å²) in [7, 11) is 0. The van der Waals surface area contributed by atoms with Crippen LogP contribution in [0.3, 0.4) is 0 Å². The van der Waals surface area contributed by atoms with Gasteiger partial charge in [0.1, 0.15) is 0 Å². The van der Waals surface area contributed by atoms with Gasteiger partial charge in [0.2, 0.25) is 11.9 Å². The van der Waals surface area contributed by atoms with Gasteiger partial charge in [-0.15, -0.1) is 0 Å². The summed E-state index contributed by atoms with van der Waals surface area (Å²) in [4.78, 5) is 35.6. The quantitative estimate of drug-likeness (QED) is 0.784. The molecule has 29 heavy (non-hydrogen) atoms. The maximum atomic E-state index is 12.1. The molecule has 0 atom stereocenters. The molecule has 2 saturated heterocycles. The lowest BCUT2D eigenvalue weighted by atomic mass is 9.90. The van der Waals surface area contributed by atoms with Gasteiger partial charge in [0.05, 0.1) is 0 Å². The number of nitrogens with one attached hydrogen (secondary N) is 1. The van der Waals surface area contributed by atoms with E-state index >= 15 is 0 Å². The average Bonchev–Trinajstić information content (AvgIpc) is 3.14. The molecule has 154 valence electrons. The van der Waals surface area contributed by atoms with Crippen molar-refractivity contribution in [3.05, 3.63) is 58.0 Å². The lowest BCUT2D eigenvalue weighted by Crippen LogP contribution is -2.36. The number of hydrogen-bond donors (Lipinski definition) is 1. The largest absolute Gasteiger partial charge is 0.343 e. The second kappa shape index (κ2) is 9.25. The van der Waals surface area contributed by atoms with E-state index < -0.39 is 0 Å². The Morgan fingerprint density at radius 2 is 1.86 bits per heavy atom. The number of rotatable bonds is 7. The van der Waals surface area contributed by atoms with Crippen LogP contribution >= 0.6 is 0 Å².